The van der Waals surface area contributed by atoms with E-state index in [9.17, 15) is 0 Å². The Balaban J connectivity index is 1.07. The van der Waals surface area contributed by atoms with Crippen LogP contribution in [-0.4, -0.2) is 0 Å². The van der Waals surface area contributed by atoms with E-state index in [1.165, 1.54) is 0 Å². The highest BCUT2D eigenvalue weighted by atomic mass is 32.2. The number of hydrogen-bond donors (Lipinski definition) is 0. The van der Waals surface area contributed by atoms with Crippen molar-refractivity contribution in [1.82, 2.24) is 0 Å². The molecular weight excluding hydrogens is 935 g/mol. The van der Waals surface area contributed by atoms with E-state index in [2.05, 4.69) is 152 Å². The molecule has 6 nitrogen and oxygen atoms in total. The molecular formula is C62H56O6P2S. The first-order valence-electron chi connectivity index (χ1n) is 23.8. The normalized spacial score (nSPS) is 12.0. The van der Waals surface area contributed by atoms with Crippen LogP contribution in [0.15, 0.2) is 204 Å². The van der Waals surface area contributed by atoms with Gasteiger partial charge in [-0.05, 0) is 140 Å². The average molecular weight is 991 g/mol. The van der Waals surface area contributed by atoms with Crippen molar-refractivity contribution in [2.45, 2.75) is 76.0 Å². The Labute approximate surface area is 423 Å². The zero-order valence-electron chi connectivity index (χ0n) is 41.2. The maximum absolute atomic E-state index is 7.25. The third-order valence-corrected chi connectivity index (χ3v) is 15.3. The fourth-order valence-corrected chi connectivity index (χ4v) is 12.0. The van der Waals surface area contributed by atoms with Crippen LogP contribution in [0.3, 0.4) is 0 Å². The van der Waals surface area contributed by atoms with Gasteiger partial charge in [0.25, 0.3) is 0 Å². The summed E-state index contributed by atoms with van der Waals surface area (Å²) >= 11 is 1.59. The minimum absolute atomic E-state index is 0.332. The molecule has 71 heavy (non-hydrogen) atoms. The third-order valence-electron chi connectivity index (χ3n) is 12.2. The molecule has 10 aromatic rings. The first-order valence-corrected chi connectivity index (χ1v) is 26.8. The summed E-state index contributed by atoms with van der Waals surface area (Å²) in [4.78, 5) is 1.77. The van der Waals surface area contributed by atoms with Crippen LogP contribution >= 0.6 is 29.0 Å². The highest BCUT2D eigenvalue weighted by molar-refractivity contribution is 7.99. The van der Waals surface area contributed by atoms with Crippen LogP contribution in [-0.2, 0) is 10.8 Å². The predicted molar refractivity (Wildman–Crippen MR) is 297 cm³/mol. The van der Waals surface area contributed by atoms with Crippen LogP contribution in [0.4, 0.5) is 0 Å². The second kappa shape index (κ2) is 20.2. The lowest BCUT2D eigenvalue weighted by molar-refractivity contribution is 0.378. The molecule has 10 rings (SSSR count). The smallest absolute Gasteiger partial charge is 0.408 e. The predicted octanol–water partition coefficient (Wildman–Crippen LogP) is 19.2. The van der Waals surface area contributed by atoms with Gasteiger partial charge in [-0.25, -0.2) is 0 Å². The molecule has 0 aliphatic carbocycles. The second-order valence-electron chi connectivity index (χ2n) is 19.9. The molecule has 0 bridgehead atoms. The van der Waals surface area contributed by atoms with Gasteiger partial charge in [-0.2, -0.15) is 0 Å². The summed E-state index contributed by atoms with van der Waals surface area (Å²) in [5, 5.41) is 8.71. The lowest BCUT2D eigenvalue weighted by Crippen LogP contribution is -2.15. The Bertz CT molecular complexity index is 3170. The lowest BCUT2D eigenvalue weighted by atomic mass is 9.85. The van der Waals surface area contributed by atoms with Crippen LogP contribution in [0.1, 0.15) is 63.8 Å². The minimum Gasteiger partial charge on any atom is -0.408 e. The molecule has 0 unspecified atom stereocenters. The molecule has 0 N–H and O–H groups in total. The Hall–Kier alpha value is -6.75. The van der Waals surface area contributed by atoms with Gasteiger partial charge in [-0.15, -0.1) is 0 Å². The molecule has 0 atom stereocenters. The minimum atomic E-state index is -2.08. The van der Waals surface area contributed by atoms with E-state index < -0.39 is 17.2 Å². The molecule has 10 aromatic carbocycles. The van der Waals surface area contributed by atoms with Gasteiger partial charge in [0.15, 0.2) is 0 Å². The first kappa shape index (κ1) is 47.9. The molecule has 9 heteroatoms. The van der Waals surface area contributed by atoms with Crippen LogP contribution in [0.5, 0.6) is 34.5 Å². The first-order chi connectivity index (χ1) is 34.2. The van der Waals surface area contributed by atoms with Crippen molar-refractivity contribution in [2.75, 3.05) is 0 Å². The van der Waals surface area contributed by atoms with Crippen molar-refractivity contribution in [3.63, 3.8) is 0 Å². The summed E-state index contributed by atoms with van der Waals surface area (Å²) in [6.45, 7) is 17.5. The summed E-state index contributed by atoms with van der Waals surface area (Å²) in [6.07, 6.45) is 0. The van der Waals surface area contributed by atoms with Crippen molar-refractivity contribution >= 4 is 72.1 Å². The Morgan fingerprint density at radius 1 is 0.310 bits per heavy atom. The number of hydrogen-bond acceptors (Lipinski definition) is 7. The molecule has 0 saturated carbocycles. The number of fused-ring (bicyclic) bond motifs is 4. The number of aryl methyl sites for hydroxylation is 2. The van der Waals surface area contributed by atoms with E-state index in [0.717, 1.165) is 75.1 Å². The molecule has 356 valence electrons. The molecule has 0 heterocycles. The van der Waals surface area contributed by atoms with Gasteiger partial charge in [0.1, 0.15) is 34.5 Å². The SMILES string of the molecule is Cc1cc(Sc2cc(C)cc(C(C)(C)C)c2OP(Oc2ccc3ccccc3c2)Oc2ccc3ccccc3c2)c(OP(Oc2ccc3ccccc3c2)Oc2ccc3ccccc3c2)c(C(C)(C)C)c1. The highest BCUT2D eigenvalue weighted by Gasteiger charge is 2.33. The molecule has 0 amide bonds. The summed E-state index contributed by atoms with van der Waals surface area (Å²) in [7, 11) is -4.16. The summed E-state index contributed by atoms with van der Waals surface area (Å²) in [6, 6.07) is 66.1. The van der Waals surface area contributed by atoms with Crippen molar-refractivity contribution in [3.05, 3.63) is 216 Å². The molecule has 0 aromatic heterocycles. The van der Waals surface area contributed by atoms with Crippen molar-refractivity contribution < 1.29 is 27.1 Å². The third kappa shape index (κ3) is 11.2. The summed E-state index contributed by atoms with van der Waals surface area (Å²) in [5.41, 5.74) is 3.55. The zero-order chi connectivity index (χ0) is 49.3. The lowest BCUT2D eigenvalue weighted by Gasteiger charge is -2.29. The van der Waals surface area contributed by atoms with Crippen molar-refractivity contribution in [2.24, 2.45) is 0 Å². The monoisotopic (exact) mass is 990 g/mol. The Morgan fingerprint density at radius 3 is 0.845 bits per heavy atom. The van der Waals surface area contributed by atoms with Crippen molar-refractivity contribution in [3.8, 4) is 34.5 Å². The molecule has 0 aliphatic heterocycles. The second-order valence-corrected chi connectivity index (χ2v) is 23.0. The molecule has 0 radical (unpaired) electrons. The Morgan fingerprint density at radius 2 is 0.577 bits per heavy atom. The maximum atomic E-state index is 7.25. The quantitative estimate of drug-likeness (QED) is 0.101. The van der Waals surface area contributed by atoms with Gasteiger partial charge in [-0.3, -0.25) is 0 Å². The van der Waals surface area contributed by atoms with E-state index in [-0.39, 0.29) is 10.8 Å². The van der Waals surface area contributed by atoms with Gasteiger partial charge < -0.3 is 27.1 Å². The van der Waals surface area contributed by atoms with E-state index in [4.69, 9.17) is 27.1 Å². The van der Waals surface area contributed by atoms with Gasteiger partial charge in [0.2, 0.25) is 0 Å². The molecule has 0 fully saturated rings. The number of rotatable bonds is 14. The maximum Gasteiger partial charge on any atom is 0.530 e. The molecule has 0 spiro atoms. The van der Waals surface area contributed by atoms with E-state index in [0.29, 0.717) is 34.5 Å². The van der Waals surface area contributed by atoms with E-state index in [1.807, 2.05) is 97.1 Å². The largest absolute Gasteiger partial charge is 0.530 e. The van der Waals surface area contributed by atoms with Crippen LogP contribution in [0.2, 0.25) is 0 Å². The van der Waals surface area contributed by atoms with Crippen LogP contribution in [0.25, 0.3) is 43.1 Å². The molecule has 0 aliphatic rings. The average Bonchev–Trinajstić information content (AvgIpc) is 3.34. The topological polar surface area (TPSA) is 55.4 Å². The van der Waals surface area contributed by atoms with Gasteiger partial charge in [0.05, 0.1) is 9.79 Å². The van der Waals surface area contributed by atoms with Crippen LogP contribution in [0, 0.1) is 13.8 Å². The molecule has 0 saturated heterocycles. The summed E-state index contributed by atoms with van der Waals surface area (Å²) in [5.74, 6) is 3.92. The fraction of sp³-hybridized carbons (Fsp3) is 0.161. The standard InChI is InChI=1S/C62H56O6P2S/c1-41-33-55(61(3,4)5)59(67-69(63-51-29-25-43-17-9-13-21-47(43)37-51)64-52-30-26-44-18-10-14-22-48(44)38-52)57(35-41)71-58-36-42(2)34-56(62(6,7)8)60(58)68-70(65-53-31-27-45-19-11-15-23-49(45)39-53)66-54-32-28-46-20-12-16-24-50(46)40-54/h9-40H,1-8H3. The van der Waals surface area contributed by atoms with Gasteiger partial charge in [-0.1, -0.05) is 187 Å². The number of benzene rings is 10. The van der Waals surface area contributed by atoms with Gasteiger partial charge >= 0.3 is 17.2 Å². The zero-order valence-corrected chi connectivity index (χ0v) is 43.8. The van der Waals surface area contributed by atoms with Crippen LogP contribution < -0.4 is 27.1 Å². The summed E-state index contributed by atoms with van der Waals surface area (Å²) < 4.78 is 41.8. The van der Waals surface area contributed by atoms with E-state index in [1.54, 1.807) is 11.8 Å². The highest BCUT2D eigenvalue weighted by Crippen LogP contribution is 2.55. The van der Waals surface area contributed by atoms with E-state index >= 15 is 0 Å². The fourth-order valence-electron chi connectivity index (χ4n) is 8.55. The van der Waals surface area contributed by atoms with Crippen molar-refractivity contribution in [1.29, 1.82) is 0 Å². The Kier molecular flexibility index (Phi) is 13.6. The van der Waals surface area contributed by atoms with Gasteiger partial charge in [0, 0.05) is 11.1 Å².